The average molecular weight is 384 g/mol. The quantitative estimate of drug-likeness (QED) is 0.263. The van der Waals surface area contributed by atoms with Gasteiger partial charge < -0.3 is 13.8 Å². The summed E-state index contributed by atoms with van der Waals surface area (Å²) in [6.45, 7) is 2.59. The first kappa shape index (κ1) is 22.9. The number of Topliss-reactive ketones (excluding diaryl/α,β-unsaturated/α-hetero) is 1. The van der Waals surface area contributed by atoms with Crippen LogP contribution in [0.4, 0.5) is 22.0 Å². The molecule has 0 aliphatic heterocycles. The minimum Gasteiger partial charge on any atom is -0.465 e. The van der Waals surface area contributed by atoms with Crippen molar-refractivity contribution in [1.29, 1.82) is 0 Å². The molecule has 12 heteroatoms. The van der Waals surface area contributed by atoms with E-state index in [0.717, 1.165) is 0 Å². The summed E-state index contributed by atoms with van der Waals surface area (Å²) in [5.41, 5.74) is 0. The molecule has 0 bridgehead atoms. The SMILES string of the molecule is CCOC(=O)C(C)(C(=O)C(F)(F)C(F)(F)F)P(=O)(OCC)OCC. The molecule has 1 atom stereocenters. The van der Waals surface area contributed by atoms with E-state index in [1.54, 1.807) is 0 Å². The van der Waals surface area contributed by atoms with E-state index in [0.29, 0.717) is 6.92 Å². The Morgan fingerprint density at radius 3 is 1.62 bits per heavy atom. The lowest BCUT2D eigenvalue weighted by Gasteiger charge is -2.34. The van der Waals surface area contributed by atoms with Crippen molar-refractivity contribution in [3.05, 3.63) is 0 Å². The molecular weight excluding hydrogens is 366 g/mol. The molecule has 24 heavy (non-hydrogen) atoms. The molecule has 0 aromatic carbocycles. The standard InChI is InChI=1S/C12H18F5O6P/c1-5-21-9(19)10(4,24(20,22-6-2)23-7-3)8(18)11(13,14)12(15,16)17/h5-7H2,1-4H3. The topological polar surface area (TPSA) is 78.9 Å². The maximum Gasteiger partial charge on any atom is 0.461 e. The van der Waals surface area contributed by atoms with Crippen LogP contribution in [-0.2, 0) is 27.9 Å². The Balaban J connectivity index is 6.42. The fourth-order valence-corrected chi connectivity index (χ4v) is 3.62. The maximum absolute atomic E-state index is 13.5. The second-order valence-electron chi connectivity index (χ2n) is 4.53. The van der Waals surface area contributed by atoms with Crippen LogP contribution in [0.3, 0.4) is 0 Å². The molecule has 0 rings (SSSR count). The fourth-order valence-electron chi connectivity index (χ4n) is 1.67. The Labute approximate surface area is 135 Å². The molecule has 6 nitrogen and oxygen atoms in total. The first-order chi connectivity index (χ1) is 10.8. The average Bonchev–Trinajstić information content (AvgIpc) is 2.44. The number of carbonyl (C=O) groups is 2. The van der Waals surface area contributed by atoms with Crippen LogP contribution in [0, 0.1) is 0 Å². The number of esters is 1. The van der Waals surface area contributed by atoms with Crippen LogP contribution in [0.2, 0.25) is 0 Å². The number of hydrogen-bond acceptors (Lipinski definition) is 6. The van der Waals surface area contributed by atoms with Crippen LogP contribution in [0.15, 0.2) is 0 Å². The summed E-state index contributed by atoms with van der Waals surface area (Å²) in [5, 5.41) is -3.49. The van der Waals surface area contributed by atoms with Gasteiger partial charge >= 0.3 is 25.7 Å². The normalized spacial score (nSPS) is 15.7. The highest BCUT2D eigenvalue weighted by molar-refractivity contribution is 7.58. The summed E-state index contributed by atoms with van der Waals surface area (Å²) in [6.07, 6.45) is -6.30. The van der Waals surface area contributed by atoms with Gasteiger partial charge in [-0.15, -0.1) is 0 Å². The Kier molecular flexibility index (Phi) is 7.53. The van der Waals surface area contributed by atoms with Crippen molar-refractivity contribution in [3.8, 4) is 0 Å². The highest BCUT2D eigenvalue weighted by atomic mass is 31.2. The minimum absolute atomic E-state index is 0.332. The molecule has 142 valence electrons. The van der Waals surface area contributed by atoms with Crippen LogP contribution >= 0.6 is 7.60 Å². The Hall–Kier alpha value is -1.06. The molecule has 1 unspecified atom stereocenters. The third kappa shape index (κ3) is 3.94. The third-order valence-electron chi connectivity index (χ3n) is 2.90. The lowest BCUT2D eigenvalue weighted by molar-refractivity contribution is -0.269. The summed E-state index contributed by atoms with van der Waals surface area (Å²) >= 11 is 0. The second kappa shape index (κ2) is 7.88. The van der Waals surface area contributed by atoms with Crippen molar-refractivity contribution >= 4 is 19.3 Å². The molecular formula is C12H18F5O6P. The van der Waals surface area contributed by atoms with Crippen molar-refractivity contribution in [1.82, 2.24) is 0 Å². The number of carbonyl (C=O) groups excluding carboxylic acids is 2. The van der Waals surface area contributed by atoms with E-state index in [9.17, 15) is 36.1 Å². The molecule has 0 saturated carbocycles. The lowest BCUT2D eigenvalue weighted by atomic mass is 9.99. The van der Waals surface area contributed by atoms with Crippen molar-refractivity contribution in [2.24, 2.45) is 0 Å². The van der Waals surface area contributed by atoms with Gasteiger partial charge in [0.15, 0.2) is 0 Å². The maximum atomic E-state index is 13.5. The van der Waals surface area contributed by atoms with Gasteiger partial charge in [0.05, 0.1) is 19.8 Å². The largest absolute Gasteiger partial charge is 0.465 e. The molecule has 0 saturated heterocycles. The van der Waals surface area contributed by atoms with Crippen LogP contribution in [0.5, 0.6) is 0 Å². The first-order valence-corrected chi connectivity index (χ1v) is 8.36. The predicted octanol–water partition coefficient (Wildman–Crippen LogP) is 3.34. The third-order valence-corrected chi connectivity index (χ3v) is 5.58. The predicted molar refractivity (Wildman–Crippen MR) is 71.9 cm³/mol. The second-order valence-corrected chi connectivity index (χ2v) is 6.93. The van der Waals surface area contributed by atoms with E-state index in [4.69, 9.17) is 0 Å². The molecule has 0 amide bonds. The van der Waals surface area contributed by atoms with Crippen molar-refractivity contribution in [2.45, 2.75) is 44.9 Å². The Morgan fingerprint density at radius 1 is 0.917 bits per heavy atom. The number of alkyl halides is 5. The smallest absolute Gasteiger partial charge is 0.461 e. The number of ketones is 1. The summed E-state index contributed by atoms with van der Waals surface area (Å²) < 4.78 is 91.0. The zero-order valence-corrected chi connectivity index (χ0v) is 14.3. The van der Waals surface area contributed by atoms with E-state index in [1.807, 2.05) is 0 Å². The summed E-state index contributed by atoms with van der Waals surface area (Å²) in [5.74, 6) is -10.8. The lowest BCUT2D eigenvalue weighted by Crippen LogP contribution is -2.58. The number of hydrogen-bond donors (Lipinski definition) is 0. The zero-order valence-electron chi connectivity index (χ0n) is 13.4. The summed E-state index contributed by atoms with van der Waals surface area (Å²) in [7, 11) is -5.05. The Bertz CT molecular complexity index is 511. The molecule has 0 spiro atoms. The van der Waals surface area contributed by atoms with Crippen LogP contribution in [0.1, 0.15) is 27.7 Å². The Morgan fingerprint density at radius 2 is 1.33 bits per heavy atom. The fraction of sp³-hybridized carbons (Fsp3) is 0.833. The van der Waals surface area contributed by atoms with Gasteiger partial charge in [-0.2, -0.15) is 22.0 Å². The van der Waals surface area contributed by atoms with Gasteiger partial charge in [-0.05, 0) is 27.7 Å². The molecule has 0 radical (unpaired) electrons. The van der Waals surface area contributed by atoms with E-state index >= 15 is 0 Å². The van der Waals surface area contributed by atoms with Gasteiger partial charge in [0.25, 0.3) is 0 Å². The zero-order chi connectivity index (χ0) is 19.4. The molecule has 0 aromatic heterocycles. The molecule has 0 fully saturated rings. The van der Waals surface area contributed by atoms with Crippen LogP contribution in [0.25, 0.3) is 0 Å². The van der Waals surface area contributed by atoms with Gasteiger partial charge in [0.2, 0.25) is 10.9 Å². The van der Waals surface area contributed by atoms with Crippen molar-refractivity contribution in [2.75, 3.05) is 19.8 Å². The molecule has 0 aliphatic rings. The van der Waals surface area contributed by atoms with Gasteiger partial charge in [-0.3, -0.25) is 14.2 Å². The van der Waals surface area contributed by atoms with E-state index in [2.05, 4.69) is 13.8 Å². The van der Waals surface area contributed by atoms with Gasteiger partial charge in [0.1, 0.15) is 0 Å². The highest BCUT2D eigenvalue weighted by Gasteiger charge is 2.74. The first-order valence-electron chi connectivity index (χ1n) is 6.82. The van der Waals surface area contributed by atoms with Crippen molar-refractivity contribution < 1.29 is 49.9 Å². The molecule has 0 heterocycles. The number of halogens is 5. The van der Waals surface area contributed by atoms with Crippen LogP contribution in [-0.4, -0.2) is 48.8 Å². The highest BCUT2D eigenvalue weighted by Crippen LogP contribution is 2.63. The molecule has 0 N–H and O–H groups in total. The number of ether oxygens (including phenoxy) is 1. The van der Waals surface area contributed by atoms with E-state index in [1.165, 1.54) is 20.8 Å². The number of rotatable bonds is 9. The molecule has 0 aliphatic carbocycles. The summed E-state index contributed by atoms with van der Waals surface area (Å²) in [6, 6.07) is 0. The van der Waals surface area contributed by atoms with Crippen molar-refractivity contribution in [3.63, 3.8) is 0 Å². The molecule has 0 aromatic rings. The van der Waals surface area contributed by atoms with Gasteiger partial charge in [-0.25, -0.2) is 0 Å². The van der Waals surface area contributed by atoms with Crippen LogP contribution < -0.4 is 0 Å². The van der Waals surface area contributed by atoms with Gasteiger partial charge in [-0.1, -0.05) is 0 Å². The minimum atomic E-state index is -6.30. The van der Waals surface area contributed by atoms with E-state index in [-0.39, 0.29) is 0 Å². The summed E-state index contributed by atoms with van der Waals surface area (Å²) in [4.78, 5) is 23.9. The monoisotopic (exact) mass is 384 g/mol. The van der Waals surface area contributed by atoms with Gasteiger partial charge in [0, 0.05) is 0 Å². The van der Waals surface area contributed by atoms with E-state index < -0.39 is 56.4 Å².